The molecule has 0 aliphatic heterocycles. The number of hydrogen-bond donors (Lipinski definition) is 1. The van der Waals surface area contributed by atoms with Gasteiger partial charge in [0.1, 0.15) is 0 Å². The van der Waals surface area contributed by atoms with E-state index in [1.54, 1.807) is 12.1 Å². The number of pyridine rings is 1. The number of carbonyl (C=O) groups is 1. The highest BCUT2D eigenvalue weighted by molar-refractivity contribution is 5.70. The van der Waals surface area contributed by atoms with Crippen LogP contribution in [0.2, 0.25) is 0 Å². The summed E-state index contributed by atoms with van der Waals surface area (Å²) >= 11 is 0. The molecule has 1 aromatic heterocycles. The van der Waals surface area contributed by atoms with Gasteiger partial charge in [0.2, 0.25) is 5.88 Å². The van der Waals surface area contributed by atoms with E-state index in [2.05, 4.69) is 10.3 Å². The lowest BCUT2D eigenvalue weighted by Crippen LogP contribution is -2.42. The number of rotatable bonds is 2. The van der Waals surface area contributed by atoms with Crippen molar-refractivity contribution in [3.63, 3.8) is 0 Å². The van der Waals surface area contributed by atoms with Gasteiger partial charge < -0.3 is 14.8 Å². The van der Waals surface area contributed by atoms with Crippen LogP contribution in [0, 0.1) is 0 Å². The molecule has 16 heavy (non-hydrogen) atoms. The van der Waals surface area contributed by atoms with Crippen molar-refractivity contribution in [3.05, 3.63) is 18.3 Å². The minimum Gasteiger partial charge on any atom is -0.481 e. The first kappa shape index (κ1) is 12.3. The van der Waals surface area contributed by atoms with E-state index in [1.807, 2.05) is 20.8 Å². The third-order valence-electron chi connectivity index (χ3n) is 1.61. The highest BCUT2D eigenvalue weighted by Crippen LogP contribution is 2.13. The van der Waals surface area contributed by atoms with E-state index in [1.165, 1.54) is 13.3 Å². The number of methoxy groups -OCH3 is 1. The predicted molar refractivity (Wildman–Crippen MR) is 59.7 cm³/mol. The van der Waals surface area contributed by atoms with E-state index in [9.17, 15) is 4.79 Å². The smallest absolute Gasteiger partial charge is 0.413 e. The van der Waals surface area contributed by atoms with Crippen molar-refractivity contribution in [2.45, 2.75) is 26.3 Å². The molecule has 0 fully saturated rings. The molecular formula is C11H16N2O3. The Kier molecular flexibility index (Phi) is 3.71. The summed E-state index contributed by atoms with van der Waals surface area (Å²) in [7, 11) is 1.52. The van der Waals surface area contributed by atoms with Crippen LogP contribution in [-0.4, -0.2) is 23.7 Å². The second-order valence-corrected chi connectivity index (χ2v) is 4.30. The zero-order valence-corrected chi connectivity index (χ0v) is 9.90. The van der Waals surface area contributed by atoms with E-state index >= 15 is 0 Å². The molecule has 1 heterocycles. The average molecular weight is 224 g/mol. The molecule has 0 bridgehead atoms. The molecular weight excluding hydrogens is 208 g/mol. The SMILES string of the molecule is COc1ccc(OC(=O)NC(C)(C)C)cn1. The highest BCUT2D eigenvalue weighted by atomic mass is 16.6. The van der Waals surface area contributed by atoms with Gasteiger partial charge in [0.25, 0.3) is 0 Å². The third kappa shape index (κ3) is 4.16. The molecule has 5 heteroatoms. The van der Waals surface area contributed by atoms with Crippen molar-refractivity contribution in [2.24, 2.45) is 0 Å². The fourth-order valence-corrected chi connectivity index (χ4v) is 0.987. The van der Waals surface area contributed by atoms with E-state index in [0.29, 0.717) is 11.6 Å². The standard InChI is InChI=1S/C11H16N2O3/c1-11(2,3)13-10(14)16-8-5-6-9(15-4)12-7-8/h5-7H,1-4H3,(H,13,14). The van der Waals surface area contributed by atoms with Crippen LogP contribution in [0.25, 0.3) is 0 Å². The minimum atomic E-state index is -0.500. The van der Waals surface area contributed by atoms with Gasteiger partial charge in [0.05, 0.1) is 13.3 Å². The summed E-state index contributed by atoms with van der Waals surface area (Å²) in [5.41, 5.74) is -0.322. The molecule has 0 radical (unpaired) electrons. The van der Waals surface area contributed by atoms with Crippen LogP contribution in [0.15, 0.2) is 18.3 Å². The van der Waals surface area contributed by atoms with Crippen molar-refractivity contribution < 1.29 is 14.3 Å². The van der Waals surface area contributed by atoms with Crippen molar-refractivity contribution in [1.82, 2.24) is 10.3 Å². The molecule has 0 aliphatic rings. The summed E-state index contributed by atoms with van der Waals surface area (Å²) in [6, 6.07) is 3.24. The van der Waals surface area contributed by atoms with Crippen molar-refractivity contribution in [1.29, 1.82) is 0 Å². The number of amides is 1. The third-order valence-corrected chi connectivity index (χ3v) is 1.61. The topological polar surface area (TPSA) is 60.5 Å². The Bertz CT molecular complexity index is 354. The van der Waals surface area contributed by atoms with E-state index in [-0.39, 0.29) is 5.54 Å². The molecule has 1 N–H and O–H groups in total. The Morgan fingerprint density at radius 2 is 2.06 bits per heavy atom. The monoisotopic (exact) mass is 224 g/mol. The Labute approximate surface area is 94.8 Å². The van der Waals surface area contributed by atoms with Gasteiger partial charge in [0, 0.05) is 11.6 Å². The molecule has 1 amide bonds. The van der Waals surface area contributed by atoms with Gasteiger partial charge in [-0.1, -0.05) is 0 Å². The zero-order valence-electron chi connectivity index (χ0n) is 9.90. The summed E-state index contributed by atoms with van der Waals surface area (Å²) in [4.78, 5) is 15.3. The lowest BCUT2D eigenvalue weighted by molar-refractivity contribution is 0.190. The second kappa shape index (κ2) is 4.83. The van der Waals surface area contributed by atoms with Crippen molar-refractivity contribution >= 4 is 6.09 Å². The first-order valence-corrected chi connectivity index (χ1v) is 4.91. The van der Waals surface area contributed by atoms with Gasteiger partial charge >= 0.3 is 6.09 Å². The van der Waals surface area contributed by atoms with Gasteiger partial charge in [-0.15, -0.1) is 0 Å². The number of hydrogen-bond acceptors (Lipinski definition) is 4. The number of carbonyl (C=O) groups excluding carboxylic acids is 1. The number of nitrogens with zero attached hydrogens (tertiary/aromatic N) is 1. The Hall–Kier alpha value is -1.78. The first-order valence-electron chi connectivity index (χ1n) is 4.91. The van der Waals surface area contributed by atoms with Crippen molar-refractivity contribution in [3.8, 4) is 11.6 Å². The lowest BCUT2D eigenvalue weighted by atomic mass is 10.1. The maximum atomic E-state index is 11.4. The van der Waals surface area contributed by atoms with Crippen LogP contribution in [-0.2, 0) is 0 Å². The zero-order chi connectivity index (χ0) is 12.2. The average Bonchev–Trinajstić information content (AvgIpc) is 2.16. The molecule has 0 spiro atoms. The molecule has 0 atom stereocenters. The van der Waals surface area contributed by atoms with Crippen LogP contribution in [0.5, 0.6) is 11.6 Å². The molecule has 0 aliphatic carbocycles. The van der Waals surface area contributed by atoms with E-state index < -0.39 is 6.09 Å². The Morgan fingerprint density at radius 3 is 2.50 bits per heavy atom. The second-order valence-electron chi connectivity index (χ2n) is 4.30. The normalized spacial score (nSPS) is 10.8. The summed E-state index contributed by atoms with van der Waals surface area (Å²) in [6.45, 7) is 5.63. The molecule has 1 rings (SSSR count). The summed E-state index contributed by atoms with van der Waals surface area (Å²) in [6.07, 6.45) is 0.931. The fraction of sp³-hybridized carbons (Fsp3) is 0.455. The Morgan fingerprint density at radius 1 is 1.38 bits per heavy atom. The van der Waals surface area contributed by atoms with Crippen LogP contribution in [0.1, 0.15) is 20.8 Å². The van der Waals surface area contributed by atoms with Crippen LogP contribution >= 0.6 is 0 Å². The molecule has 0 aromatic carbocycles. The maximum Gasteiger partial charge on any atom is 0.413 e. The van der Waals surface area contributed by atoms with Gasteiger partial charge in [-0.3, -0.25) is 0 Å². The predicted octanol–water partition coefficient (Wildman–Crippen LogP) is 1.98. The van der Waals surface area contributed by atoms with Gasteiger partial charge in [-0.25, -0.2) is 9.78 Å². The van der Waals surface area contributed by atoms with Crippen LogP contribution in [0.4, 0.5) is 4.79 Å². The van der Waals surface area contributed by atoms with Gasteiger partial charge in [0.15, 0.2) is 5.75 Å². The molecule has 88 valence electrons. The molecule has 0 saturated carbocycles. The van der Waals surface area contributed by atoms with Crippen LogP contribution < -0.4 is 14.8 Å². The number of aromatic nitrogens is 1. The molecule has 0 unspecified atom stereocenters. The largest absolute Gasteiger partial charge is 0.481 e. The minimum absolute atomic E-state index is 0.322. The molecule has 0 saturated heterocycles. The quantitative estimate of drug-likeness (QED) is 0.834. The van der Waals surface area contributed by atoms with Gasteiger partial charge in [-0.2, -0.15) is 0 Å². The summed E-state index contributed by atoms with van der Waals surface area (Å²) < 4.78 is 9.91. The van der Waals surface area contributed by atoms with Crippen molar-refractivity contribution in [2.75, 3.05) is 7.11 Å². The number of ether oxygens (including phenoxy) is 2. The lowest BCUT2D eigenvalue weighted by Gasteiger charge is -2.19. The highest BCUT2D eigenvalue weighted by Gasteiger charge is 2.15. The van der Waals surface area contributed by atoms with E-state index in [4.69, 9.17) is 9.47 Å². The molecule has 1 aromatic rings. The van der Waals surface area contributed by atoms with Crippen LogP contribution in [0.3, 0.4) is 0 Å². The van der Waals surface area contributed by atoms with E-state index in [0.717, 1.165) is 0 Å². The molecule has 5 nitrogen and oxygen atoms in total. The summed E-state index contributed by atoms with van der Waals surface area (Å²) in [5.74, 6) is 0.853. The number of nitrogens with one attached hydrogen (secondary N) is 1. The van der Waals surface area contributed by atoms with Gasteiger partial charge in [-0.05, 0) is 26.8 Å². The fourth-order valence-electron chi connectivity index (χ4n) is 0.987. The first-order chi connectivity index (χ1) is 7.40. The Balaban J connectivity index is 2.56. The summed E-state index contributed by atoms with van der Waals surface area (Å²) in [5, 5.41) is 2.68. The maximum absolute atomic E-state index is 11.4.